The van der Waals surface area contributed by atoms with Gasteiger partial charge in [0, 0.05) is 12.4 Å². The molecule has 0 aromatic carbocycles. The first kappa shape index (κ1) is 10.4. The van der Waals surface area contributed by atoms with Gasteiger partial charge in [0.05, 0.1) is 6.04 Å². The molecule has 0 saturated heterocycles. The third-order valence-corrected chi connectivity index (χ3v) is 2.01. The number of nitrogens with two attached hydrogens (primary N) is 2. The number of nitrogens with zero attached hydrogens (tertiary/aromatic N) is 1. The first-order chi connectivity index (χ1) is 6.69. The topological polar surface area (TPSA) is 106 Å². The smallest absolute Gasteiger partial charge is 0.251 e. The minimum Gasteiger partial charge on any atom is -0.403 e. The van der Waals surface area contributed by atoms with E-state index in [4.69, 9.17) is 11.5 Å². The van der Waals surface area contributed by atoms with Crippen molar-refractivity contribution in [2.24, 2.45) is 16.5 Å². The maximum absolute atomic E-state index is 11.5. The highest BCUT2D eigenvalue weighted by molar-refractivity contribution is 6.01. The second kappa shape index (κ2) is 4.50. The van der Waals surface area contributed by atoms with Crippen molar-refractivity contribution in [3.63, 3.8) is 0 Å². The molecule has 0 fully saturated rings. The monoisotopic (exact) mass is 197 g/mol. The summed E-state index contributed by atoms with van der Waals surface area (Å²) < 4.78 is 0. The van der Waals surface area contributed by atoms with E-state index in [1.807, 2.05) is 6.92 Å². The van der Waals surface area contributed by atoms with Crippen LogP contribution in [0, 0.1) is 0 Å². The van der Waals surface area contributed by atoms with E-state index >= 15 is 0 Å². The summed E-state index contributed by atoms with van der Waals surface area (Å²) in [5, 5.41) is 5.32. The van der Waals surface area contributed by atoms with Gasteiger partial charge in [-0.25, -0.2) is 4.99 Å². The Kier molecular flexibility index (Phi) is 3.33. The van der Waals surface area contributed by atoms with E-state index in [0.29, 0.717) is 0 Å². The number of aliphatic imine (C=N–C) groups is 1. The molecule has 1 aliphatic heterocycles. The first-order valence-corrected chi connectivity index (χ1v) is 4.46. The van der Waals surface area contributed by atoms with Gasteiger partial charge in [0.1, 0.15) is 6.04 Å². The zero-order valence-electron chi connectivity index (χ0n) is 8.03. The van der Waals surface area contributed by atoms with Crippen LogP contribution >= 0.6 is 0 Å². The normalized spacial score (nSPS) is 27.2. The molecule has 6 N–H and O–H groups in total. The lowest BCUT2D eigenvalue weighted by Gasteiger charge is -2.27. The molecule has 0 bridgehead atoms. The number of hydrogen-bond donors (Lipinski definition) is 4. The van der Waals surface area contributed by atoms with E-state index in [2.05, 4.69) is 15.6 Å². The fourth-order valence-electron chi connectivity index (χ4n) is 1.34. The zero-order valence-corrected chi connectivity index (χ0v) is 8.03. The molecule has 0 radical (unpaired) electrons. The quantitative estimate of drug-likeness (QED) is 0.446. The van der Waals surface area contributed by atoms with Crippen molar-refractivity contribution < 1.29 is 4.79 Å². The van der Waals surface area contributed by atoms with Gasteiger partial charge >= 0.3 is 0 Å². The Balaban J connectivity index is 2.75. The Bertz CT molecular complexity index is 273. The Morgan fingerprint density at radius 2 is 2.43 bits per heavy atom. The minimum absolute atomic E-state index is 0.139. The minimum atomic E-state index is -0.396. The predicted molar refractivity (Wildman–Crippen MR) is 54.1 cm³/mol. The zero-order chi connectivity index (χ0) is 10.6. The van der Waals surface area contributed by atoms with Crippen molar-refractivity contribution in [3.8, 4) is 0 Å². The molecule has 1 amide bonds. The standard InChI is InChI=1S/C8H15N5O/c1-2-5-6(11-4-3-9)7(14)13-8(10)12-5/h3-6,11H,2,9H2,1H3,(H3,10,12,13,14)/b4-3-. The largest absolute Gasteiger partial charge is 0.403 e. The fraction of sp³-hybridized carbons (Fsp3) is 0.500. The second-order valence-corrected chi connectivity index (χ2v) is 2.98. The van der Waals surface area contributed by atoms with Crippen LogP contribution < -0.4 is 22.1 Å². The van der Waals surface area contributed by atoms with Gasteiger partial charge in [-0.1, -0.05) is 6.92 Å². The van der Waals surface area contributed by atoms with E-state index < -0.39 is 6.04 Å². The van der Waals surface area contributed by atoms with Crippen LogP contribution in [0.5, 0.6) is 0 Å². The van der Waals surface area contributed by atoms with E-state index in [1.54, 1.807) is 0 Å². The summed E-state index contributed by atoms with van der Waals surface area (Å²) in [6.45, 7) is 1.95. The van der Waals surface area contributed by atoms with Gasteiger partial charge in [0.2, 0.25) is 0 Å². The van der Waals surface area contributed by atoms with E-state index in [-0.39, 0.29) is 17.9 Å². The van der Waals surface area contributed by atoms with Gasteiger partial charge in [-0.05, 0) is 6.42 Å². The number of carbonyl (C=O) groups is 1. The number of carbonyl (C=O) groups excluding carboxylic acids is 1. The molecule has 2 atom stereocenters. The third-order valence-electron chi connectivity index (χ3n) is 2.01. The number of nitrogens with one attached hydrogen (secondary N) is 2. The van der Waals surface area contributed by atoms with Crippen molar-refractivity contribution in [2.45, 2.75) is 25.4 Å². The van der Waals surface area contributed by atoms with E-state index in [1.165, 1.54) is 12.4 Å². The summed E-state index contributed by atoms with van der Waals surface area (Å²) in [5.41, 5.74) is 10.6. The highest BCUT2D eigenvalue weighted by Gasteiger charge is 2.30. The first-order valence-electron chi connectivity index (χ1n) is 4.46. The van der Waals surface area contributed by atoms with Crippen molar-refractivity contribution >= 4 is 11.9 Å². The highest BCUT2D eigenvalue weighted by atomic mass is 16.2. The average Bonchev–Trinajstić information content (AvgIpc) is 2.15. The molecule has 78 valence electrons. The highest BCUT2D eigenvalue weighted by Crippen LogP contribution is 2.08. The van der Waals surface area contributed by atoms with Gasteiger partial charge in [0.25, 0.3) is 5.91 Å². The van der Waals surface area contributed by atoms with Crippen LogP contribution in [0.25, 0.3) is 0 Å². The summed E-state index contributed by atoms with van der Waals surface area (Å²) in [6, 6.07) is -0.535. The third kappa shape index (κ3) is 2.15. The molecule has 1 aliphatic rings. The van der Waals surface area contributed by atoms with Crippen LogP contribution in [-0.2, 0) is 4.79 Å². The van der Waals surface area contributed by atoms with Gasteiger partial charge in [-0.2, -0.15) is 0 Å². The Morgan fingerprint density at radius 1 is 1.71 bits per heavy atom. The van der Waals surface area contributed by atoms with Crippen LogP contribution in [0.2, 0.25) is 0 Å². The Morgan fingerprint density at radius 3 is 3.00 bits per heavy atom. The summed E-state index contributed by atoms with van der Waals surface area (Å²) in [4.78, 5) is 15.6. The van der Waals surface area contributed by atoms with Gasteiger partial charge in [0.15, 0.2) is 5.96 Å². The SMILES string of the molecule is CCC1N=C(N)NC(=O)C1N/C=C\N. The summed E-state index contributed by atoms with van der Waals surface area (Å²) in [5.74, 6) is -0.000854. The lowest BCUT2D eigenvalue weighted by molar-refractivity contribution is -0.122. The van der Waals surface area contributed by atoms with Gasteiger partial charge < -0.3 is 16.8 Å². The number of guanidine groups is 1. The van der Waals surface area contributed by atoms with Crippen LogP contribution in [0.3, 0.4) is 0 Å². The molecule has 6 nitrogen and oxygen atoms in total. The molecule has 0 saturated carbocycles. The van der Waals surface area contributed by atoms with Crippen molar-refractivity contribution in [1.82, 2.24) is 10.6 Å². The lowest BCUT2D eigenvalue weighted by Crippen LogP contribution is -2.56. The van der Waals surface area contributed by atoms with Crippen LogP contribution in [0.4, 0.5) is 0 Å². The van der Waals surface area contributed by atoms with Crippen molar-refractivity contribution in [3.05, 3.63) is 12.4 Å². The van der Waals surface area contributed by atoms with Crippen LogP contribution in [-0.4, -0.2) is 24.0 Å². The van der Waals surface area contributed by atoms with E-state index in [9.17, 15) is 4.79 Å². The molecule has 0 spiro atoms. The Labute approximate surface area is 82.4 Å². The summed E-state index contributed by atoms with van der Waals surface area (Å²) >= 11 is 0. The second-order valence-electron chi connectivity index (χ2n) is 2.98. The molecule has 1 rings (SSSR count). The van der Waals surface area contributed by atoms with Crippen LogP contribution in [0.1, 0.15) is 13.3 Å². The lowest BCUT2D eigenvalue weighted by atomic mass is 10.0. The number of hydrogen-bond acceptors (Lipinski definition) is 5. The van der Waals surface area contributed by atoms with Crippen molar-refractivity contribution in [1.29, 1.82) is 0 Å². The van der Waals surface area contributed by atoms with Gasteiger partial charge in [-0.3, -0.25) is 10.1 Å². The van der Waals surface area contributed by atoms with Crippen molar-refractivity contribution in [2.75, 3.05) is 0 Å². The van der Waals surface area contributed by atoms with E-state index in [0.717, 1.165) is 6.42 Å². The average molecular weight is 197 g/mol. The molecular formula is C8H15N5O. The maximum atomic E-state index is 11.5. The maximum Gasteiger partial charge on any atom is 0.251 e. The predicted octanol–water partition coefficient (Wildman–Crippen LogP) is -1.40. The molecular weight excluding hydrogens is 182 g/mol. The molecule has 6 heteroatoms. The number of rotatable bonds is 3. The summed E-state index contributed by atoms with van der Waals surface area (Å²) in [7, 11) is 0. The molecule has 1 heterocycles. The fourth-order valence-corrected chi connectivity index (χ4v) is 1.34. The van der Waals surface area contributed by atoms with Crippen LogP contribution in [0.15, 0.2) is 17.4 Å². The van der Waals surface area contributed by atoms with Gasteiger partial charge in [-0.15, -0.1) is 0 Å². The molecule has 0 aromatic rings. The molecule has 0 aliphatic carbocycles. The number of amides is 1. The Hall–Kier alpha value is -1.72. The molecule has 0 aromatic heterocycles. The molecule has 2 unspecified atom stereocenters. The summed E-state index contributed by atoms with van der Waals surface area (Å²) in [6.07, 6.45) is 3.59. The molecule has 14 heavy (non-hydrogen) atoms.